The van der Waals surface area contributed by atoms with Crippen LogP contribution in [0, 0.1) is 20.8 Å². The van der Waals surface area contributed by atoms with Gasteiger partial charge in [-0.15, -0.1) is 0 Å². The molecule has 0 saturated carbocycles. The molecule has 0 aromatic heterocycles. The first-order chi connectivity index (χ1) is 10.2. The van der Waals surface area contributed by atoms with Crippen molar-refractivity contribution in [2.45, 2.75) is 33.2 Å². The number of rotatable bonds is 3. The first-order valence-corrected chi connectivity index (χ1v) is 6.94. The standard InChI is InChI=1S/C14H16F2N4OS/c1-5-4-8(13(18)22)6(2)7(3)11(5)20-14(21)9(17)10(19-20)12(15)16/h4,9,12H,17H2,1-3H3,(H2,18,22). The van der Waals surface area contributed by atoms with Gasteiger partial charge in [-0.05, 0) is 43.5 Å². The molecule has 0 bridgehead atoms. The predicted molar refractivity (Wildman–Crippen MR) is 85.4 cm³/mol. The Kier molecular flexibility index (Phi) is 4.25. The molecule has 118 valence electrons. The first-order valence-electron chi connectivity index (χ1n) is 6.53. The van der Waals surface area contributed by atoms with E-state index in [1.807, 2.05) is 0 Å². The van der Waals surface area contributed by atoms with Crippen LogP contribution in [0.5, 0.6) is 0 Å². The molecule has 0 saturated heterocycles. The van der Waals surface area contributed by atoms with Crippen LogP contribution >= 0.6 is 12.2 Å². The number of thiocarbonyl (C=S) groups is 1. The van der Waals surface area contributed by atoms with Crippen LogP contribution in [0.2, 0.25) is 0 Å². The predicted octanol–water partition coefficient (Wildman–Crippen LogP) is 1.54. The SMILES string of the molecule is Cc1cc(C(N)=S)c(C)c(C)c1N1N=C(C(F)F)C(N)C1=O. The van der Waals surface area contributed by atoms with Gasteiger partial charge in [0.2, 0.25) is 0 Å². The average Bonchev–Trinajstić information content (AvgIpc) is 2.71. The van der Waals surface area contributed by atoms with Gasteiger partial charge < -0.3 is 11.5 Å². The van der Waals surface area contributed by atoms with Gasteiger partial charge in [0.1, 0.15) is 16.7 Å². The third-order valence-corrected chi connectivity index (χ3v) is 3.99. The molecule has 1 amide bonds. The highest BCUT2D eigenvalue weighted by Gasteiger charge is 2.39. The Bertz CT molecular complexity index is 703. The summed E-state index contributed by atoms with van der Waals surface area (Å²) in [6, 6.07) is 0.295. The van der Waals surface area contributed by atoms with Crippen LogP contribution in [0.1, 0.15) is 22.3 Å². The van der Waals surface area contributed by atoms with E-state index >= 15 is 0 Å². The molecule has 0 spiro atoms. The molecule has 1 aliphatic rings. The molecule has 1 atom stereocenters. The van der Waals surface area contributed by atoms with E-state index in [9.17, 15) is 13.6 Å². The fourth-order valence-electron chi connectivity index (χ4n) is 2.48. The van der Waals surface area contributed by atoms with Crippen LogP contribution in [0.15, 0.2) is 11.2 Å². The lowest BCUT2D eigenvalue weighted by Crippen LogP contribution is -2.41. The summed E-state index contributed by atoms with van der Waals surface area (Å²) in [5.74, 6) is -0.677. The maximum Gasteiger partial charge on any atom is 0.280 e. The van der Waals surface area contributed by atoms with Crippen molar-refractivity contribution in [3.05, 3.63) is 28.3 Å². The van der Waals surface area contributed by atoms with Crippen LogP contribution in [0.4, 0.5) is 14.5 Å². The largest absolute Gasteiger partial charge is 0.389 e. The third kappa shape index (κ3) is 2.48. The summed E-state index contributed by atoms with van der Waals surface area (Å²) in [5, 5.41) is 4.67. The normalized spacial score (nSPS) is 18.1. The molecule has 22 heavy (non-hydrogen) atoms. The van der Waals surface area contributed by atoms with Gasteiger partial charge in [0.25, 0.3) is 12.3 Å². The van der Waals surface area contributed by atoms with E-state index in [1.165, 1.54) is 0 Å². The van der Waals surface area contributed by atoms with E-state index in [-0.39, 0.29) is 4.99 Å². The van der Waals surface area contributed by atoms with E-state index in [4.69, 9.17) is 23.7 Å². The van der Waals surface area contributed by atoms with Crippen LogP contribution in [0.3, 0.4) is 0 Å². The molecule has 4 N–H and O–H groups in total. The van der Waals surface area contributed by atoms with E-state index < -0.39 is 24.1 Å². The van der Waals surface area contributed by atoms with Gasteiger partial charge in [0.05, 0.1) is 5.69 Å². The minimum absolute atomic E-state index is 0.233. The van der Waals surface area contributed by atoms with Crippen molar-refractivity contribution < 1.29 is 13.6 Å². The van der Waals surface area contributed by atoms with Gasteiger partial charge in [-0.3, -0.25) is 4.79 Å². The Labute approximate surface area is 132 Å². The van der Waals surface area contributed by atoms with Crippen molar-refractivity contribution in [1.82, 2.24) is 0 Å². The number of carbonyl (C=O) groups is 1. The summed E-state index contributed by atoms with van der Waals surface area (Å²) in [7, 11) is 0. The Balaban J connectivity index is 2.62. The second-order valence-corrected chi connectivity index (χ2v) is 5.60. The molecule has 0 radical (unpaired) electrons. The zero-order valence-corrected chi connectivity index (χ0v) is 13.2. The number of carbonyl (C=O) groups excluding carboxylic acids is 1. The smallest absolute Gasteiger partial charge is 0.280 e. The summed E-state index contributed by atoms with van der Waals surface area (Å²) in [5.41, 5.74) is 13.8. The number of aryl methyl sites for hydroxylation is 1. The van der Waals surface area contributed by atoms with Crippen LogP contribution in [-0.2, 0) is 4.79 Å². The highest BCUT2D eigenvalue weighted by atomic mass is 32.1. The molecule has 1 aromatic carbocycles. The van der Waals surface area contributed by atoms with E-state index in [2.05, 4.69) is 5.10 Å². The zero-order valence-electron chi connectivity index (χ0n) is 12.4. The number of amides is 1. The summed E-state index contributed by atoms with van der Waals surface area (Å²) >= 11 is 4.99. The van der Waals surface area contributed by atoms with Crippen LogP contribution in [-0.4, -0.2) is 29.1 Å². The van der Waals surface area contributed by atoms with Crippen LogP contribution in [0.25, 0.3) is 0 Å². The number of benzene rings is 1. The highest BCUT2D eigenvalue weighted by Crippen LogP contribution is 2.33. The minimum atomic E-state index is -2.87. The van der Waals surface area contributed by atoms with Crippen molar-refractivity contribution in [3.8, 4) is 0 Å². The van der Waals surface area contributed by atoms with Crippen molar-refractivity contribution >= 4 is 34.5 Å². The van der Waals surface area contributed by atoms with Gasteiger partial charge in [0, 0.05) is 5.56 Å². The van der Waals surface area contributed by atoms with Gasteiger partial charge in [0.15, 0.2) is 0 Å². The molecule has 0 aliphatic carbocycles. The maximum atomic E-state index is 12.9. The second-order valence-electron chi connectivity index (χ2n) is 5.16. The lowest BCUT2D eigenvalue weighted by molar-refractivity contribution is -0.117. The van der Waals surface area contributed by atoms with Crippen molar-refractivity contribution in [2.24, 2.45) is 16.6 Å². The van der Waals surface area contributed by atoms with Gasteiger partial charge >= 0.3 is 0 Å². The van der Waals surface area contributed by atoms with Crippen molar-refractivity contribution in [3.63, 3.8) is 0 Å². The van der Waals surface area contributed by atoms with Gasteiger partial charge in [-0.2, -0.15) is 10.1 Å². The number of anilines is 1. The molecular formula is C14H16F2N4OS. The highest BCUT2D eigenvalue weighted by molar-refractivity contribution is 7.80. The molecular weight excluding hydrogens is 310 g/mol. The second kappa shape index (κ2) is 5.69. The number of hydrogen-bond acceptors (Lipinski definition) is 4. The van der Waals surface area contributed by atoms with E-state index in [0.29, 0.717) is 22.4 Å². The maximum absolute atomic E-state index is 12.9. The zero-order chi connectivity index (χ0) is 16.8. The minimum Gasteiger partial charge on any atom is -0.389 e. The summed E-state index contributed by atoms with van der Waals surface area (Å²) in [4.78, 5) is 12.4. The van der Waals surface area contributed by atoms with E-state index in [1.54, 1.807) is 26.8 Å². The quantitative estimate of drug-likeness (QED) is 0.825. The molecule has 2 rings (SSSR count). The molecule has 1 heterocycles. The topological polar surface area (TPSA) is 84.7 Å². The number of nitrogens with zero attached hydrogens (tertiary/aromatic N) is 2. The first kappa shape index (κ1) is 16.4. The van der Waals surface area contributed by atoms with Crippen molar-refractivity contribution in [2.75, 3.05) is 5.01 Å². The Morgan fingerprint density at radius 1 is 1.36 bits per heavy atom. The monoisotopic (exact) mass is 326 g/mol. The summed E-state index contributed by atoms with van der Waals surface area (Å²) in [6.45, 7) is 5.29. The molecule has 8 heteroatoms. The Morgan fingerprint density at radius 2 is 1.95 bits per heavy atom. The summed E-state index contributed by atoms with van der Waals surface area (Å²) in [6.07, 6.45) is -2.87. The molecule has 5 nitrogen and oxygen atoms in total. The Hall–Kier alpha value is -1.93. The molecule has 1 aliphatic heterocycles. The lowest BCUT2D eigenvalue weighted by atomic mass is 9.97. The third-order valence-electron chi connectivity index (χ3n) is 3.77. The van der Waals surface area contributed by atoms with Crippen LogP contribution < -0.4 is 16.5 Å². The number of hydrogen-bond donors (Lipinski definition) is 2. The summed E-state index contributed by atoms with van der Waals surface area (Å²) < 4.78 is 25.8. The molecule has 1 aromatic rings. The van der Waals surface area contributed by atoms with Crippen molar-refractivity contribution in [1.29, 1.82) is 0 Å². The Morgan fingerprint density at radius 3 is 2.41 bits per heavy atom. The molecule has 1 unspecified atom stereocenters. The average molecular weight is 326 g/mol. The number of alkyl halides is 2. The van der Waals surface area contributed by atoms with Gasteiger partial charge in [-0.25, -0.2) is 8.78 Å². The number of hydrazone groups is 1. The van der Waals surface area contributed by atoms with E-state index in [0.717, 1.165) is 10.6 Å². The fourth-order valence-corrected chi connectivity index (χ4v) is 2.69. The number of nitrogens with two attached hydrogens (primary N) is 2. The fraction of sp³-hybridized carbons (Fsp3) is 0.357. The lowest BCUT2D eigenvalue weighted by Gasteiger charge is -2.21. The number of halogens is 2. The molecule has 0 fully saturated rings. The van der Waals surface area contributed by atoms with Gasteiger partial charge in [-0.1, -0.05) is 12.2 Å².